The van der Waals surface area contributed by atoms with Crippen LogP contribution in [0.5, 0.6) is 11.5 Å². The lowest BCUT2D eigenvalue weighted by Crippen LogP contribution is -2.23. The number of thioether (sulfide) groups is 1. The van der Waals surface area contributed by atoms with Crippen molar-refractivity contribution in [3.05, 3.63) is 93.9 Å². The third-order valence-corrected chi connectivity index (χ3v) is 6.73. The smallest absolute Gasteiger partial charge is 0.338 e. The molecule has 0 unspecified atom stereocenters. The topological polar surface area (TPSA) is 77.4 Å². The summed E-state index contributed by atoms with van der Waals surface area (Å²) in [5.41, 5.74) is 4.05. The lowest BCUT2D eigenvalue weighted by atomic mass is 10.1. The average Bonchev–Trinajstić information content (AvgIpc) is 3.17. The zero-order chi connectivity index (χ0) is 27.1. The first-order valence-corrected chi connectivity index (χ1v) is 13.2. The SMILES string of the molecule is CCOC(=O)c1cccc(N=C2SC(=Cc3ccc(OCc4ccc(C)cc4)c(OCC)c3)C(=O)N2C)c1. The van der Waals surface area contributed by atoms with Crippen LogP contribution in [-0.2, 0) is 16.1 Å². The van der Waals surface area contributed by atoms with Crippen LogP contribution in [0, 0.1) is 6.92 Å². The number of aliphatic imine (C=N–C) groups is 1. The fourth-order valence-corrected chi connectivity index (χ4v) is 4.66. The van der Waals surface area contributed by atoms with Crippen LogP contribution < -0.4 is 9.47 Å². The van der Waals surface area contributed by atoms with Gasteiger partial charge in [0.25, 0.3) is 5.91 Å². The van der Waals surface area contributed by atoms with Gasteiger partial charge in [-0.2, -0.15) is 0 Å². The second-order valence-electron chi connectivity index (χ2n) is 8.55. The number of esters is 1. The number of hydrogen-bond acceptors (Lipinski definition) is 7. The molecule has 0 N–H and O–H groups in total. The van der Waals surface area contributed by atoms with Gasteiger partial charge in [0.15, 0.2) is 16.7 Å². The minimum absolute atomic E-state index is 0.159. The Morgan fingerprint density at radius 2 is 1.76 bits per heavy atom. The molecule has 1 amide bonds. The highest BCUT2D eigenvalue weighted by molar-refractivity contribution is 8.18. The molecule has 0 aromatic heterocycles. The standard InChI is InChI=1S/C30H30N2O5S/c1-5-35-26-16-22(14-15-25(26)37-19-21-12-10-20(3)11-13-21)17-27-28(33)32(4)30(38-27)31-24-9-7-8-23(18-24)29(34)36-6-2/h7-18H,5-6,19H2,1-4H3. The van der Waals surface area contributed by atoms with Crippen molar-refractivity contribution in [2.45, 2.75) is 27.4 Å². The van der Waals surface area contributed by atoms with E-state index >= 15 is 0 Å². The molecule has 1 aliphatic heterocycles. The second-order valence-corrected chi connectivity index (χ2v) is 9.56. The number of ether oxygens (including phenoxy) is 3. The van der Waals surface area contributed by atoms with E-state index in [0.29, 0.717) is 52.6 Å². The molecule has 3 aromatic carbocycles. The molecule has 3 aromatic rings. The predicted octanol–water partition coefficient (Wildman–Crippen LogP) is 6.38. The van der Waals surface area contributed by atoms with E-state index in [0.717, 1.165) is 11.1 Å². The Balaban J connectivity index is 1.53. The van der Waals surface area contributed by atoms with Crippen molar-refractivity contribution >= 4 is 40.6 Å². The summed E-state index contributed by atoms with van der Waals surface area (Å²) >= 11 is 1.27. The third kappa shape index (κ3) is 6.63. The summed E-state index contributed by atoms with van der Waals surface area (Å²) in [5.74, 6) is 0.686. The molecule has 1 fully saturated rings. The number of benzene rings is 3. The predicted molar refractivity (Wildman–Crippen MR) is 151 cm³/mol. The van der Waals surface area contributed by atoms with Gasteiger partial charge in [0, 0.05) is 7.05 Å². The summed E-state index contributed by atoms with van der Waals surface area (Å²) < 4.78 is 16.9. The van der Waals surface area contributed by atoms with Crippen LogP contribution in [0.3, 0.4) is 0 Å². The normalized spacial score (nSPS) is 15.3. The van der Waals surface area contributed by atoms with Crippen molar-refractivity contribution in [3.63, 3.8) is 0 Å². The molecule has 4 rings (SSSR count). The van der Waals surface area contributed by atoms with Crippen LogP contribution in [0.25, 0.3) is 6.08 Å². The number of amidine groups is 1. The monoisotopic (exact) mass is 530 g/mol. The first-order chi connectivity index (χ1) is 18.4. The van der Waals surface area contributed by atoms with Crippen LogP contribution in [0.4, 0.5) is 5.69 Å². The second kappa shape index (κ2) is 12.5. The van der Waals surface area contributed by atoms with Crippen LogP contribution in [-0.4, -0.2) is 42.2 Å². The van der Waals surface area contributed by atoms with Crippen molar-refractivity contribution < 1.29 is 23.8 Å². The minimum Gasteiger partial charge on any atom is -0.490 e. The number of likely N-dealkylation sites (N-methyl/N-ethyl adjacent to an activating group) is 1. The number of carbonyl (C=O) groups is 2. The zero-order valence-corrected chi connectivity index (χ0v) is 22.7. The fourth-order valence-electron chi connectivity index (χ4n) is 3.68. The van der Waals surface area contributed by atoms with Gasteiger partial charge in [-0.25, -0.2) is 9.79 Å². The number of carbonyl (C=O) groups excluding carboxylic acids is 2. The van der Waals surface area contributed by atoms with E-state index in [1.54, 1.807) is 38.2 Å². The molecule has 1 heterocycles. The van der Waals surface area contributed by atoms with Crippen molar-refractivity contribution in [1.82, 2.24) is 4.90 Å². The van der Waals surface area contributed by atoms with Gasteiger partial charge >= 0.3 is 5.97 Å². The van der Waals surface area contributed by atoms with Crippen LogP contribution >= 0.6 is 11.8 Å². The van der Waals surface area contributed by atoms with Gasteiger partial charge in [0.05, 0.1) is 29.4 Å². The Kier molecular flexibility index (Phi) is 8.86. The van der Waals surface area contributed by atoms with E-state index in [2.05, 4.69) is 24.0 Å². The fraction of sp³-hybridized carbons (Fsp3) is 0.233. The summed E-state index contributed by atoms with van der Waals surface area (Å²) in [6, 6.07) is 20.7. The van der Waals surface area contributed by atoms with Gasteiger partial charge in [-0.05, 0) is 80.1 Å². The van der Waals surface area contributed by atoms with E-state index in [1.807, 2.05) is 43.3 Å². The average molecular weight is 531 g/mol. The number of nitrogens with zero attached hydrogens (tertiary/aromatic N) is 2. The molecule has 7 nitrogen and oxygen atoms in total. The molecule has 0 saturated carbocycles. The Morgan fingerprint density at radius 3 is 2.50 bits per heavy atom. The van der Waals surface area contributed by atoms with Crippen molar-refractivity contribution in [2.75, 3.05) is 20.3 Å². The number of aryl methyl sites for hydroxylation is 1. The summed E-state index contributed by atoms with van der Waals surface area (Å²) in [7, 11) is 1.68. The van der Waals surface area contributed by atoms with Gasteiger partial charge < -0.3 is 14.2 Å². The summed E-state index contributed by atoms with van der Waals surface area (Å²) in [6.45, 7) is 6.93. The quantitative estimate of drug-likeness (QED) is 0.236. The highest BCUT2D eigenvalue weighted by atomic mass is 32.2. The lowest BCUT2D eigenvalue weighted by Gasteiger charge is -2.13. The molecule has 0 spiro atoms. The maximum atomic E-state index is 13.0. The highest BCUT2D eigenvalue weighted by Gasteiger charge is 2.30. The first kappa shape index (κ1) is 27.0. The molecule has 0 atom stereocenters. The molecular formula is C30H30N2O5S. The number of rotatable bonds is 9. The van der Waals surface area contributed by atoms with Crippen molar-refractivity contribution in [1.29, 1.82) is 0 Å². The van der Waals surface area contributed by atoms with Crippen LogP contribution in [0.2, 0.25) is 0 Å². The van der Waals surface area contributed by atoms with Gasteiger partial charge in [0.1, 0.15) is 6.61 Å². The molecule has 0 aliphatic carbocycles. The largest absolute Gasteiger partial charge is 0.490 e. The van der Waals surface area contributed by atoms with E-state index in [1.165, 1.54) is 22.2 Å². The van der Waals surface area contributed by atoms with Crippen molar-refractivity contribution in [2.24, 2.45) is 4.99 Å². The molecule has 1 saturated heterocycles. The Morgan fingerprint density at radius 1 is 0.974 bits per heavy atom. The van der Waals surface area contributed by atoms with Gasteiger partial charge in [-0.1, -0.05) is 42.0 Å². The maximum Gasteiger partial charge on any atom is 0.338 e. The molecule has 38 heavy (non-hydrogen) atoms. The lowest BCUT2D eigenvalue weighted by molar-refractivity contribution is -0.121. The van der Waals surface area contributed by atoms with Crippen molar-refractivity contribution in [3.8, 4) is 11.5 Å². The first-order valence-electron chi connectivity index (χ1n) is 12.4. The third-order valence-electron chi connectivity index (χ3n) is 5.67. The summed E-state index contributed by atoms with van der Waals surface area (Å²) in [4.78, 5) is 31.6. The molecular weight excluding hydrogens is 500 g/mol. The van der Waals surface area contributed by atoms with E-state index in [4.69, 9.17) is 14.2 Å². The van der Waals surface area contributed by atoms with E-state index in [-0.39, 0.29) is 5.91 Å². The van der Waals surface area contributed by atoms with Gasteiger partial charge in [0.2, 0.25) is 0 Å². The highest BCUT2D eigenvalue weighted by Crippen LogP contribution is 2.35. The number of hydrogen-bond donors (Lipinski definition) is 0. The Hall–Kier alpha value is -4.04. The van der Waals surface area contributed by atoms with E-state index in [9.17, 15) is 9.59 Å². The maximum absolute atomic E-state index is 13.0. The van der Waals surface area contributed by atoms with Crippen LogP contribution in [0.1, 0.15) is 40.9 Å². The van der Waals surface area contributed by atoms with Gasteiger partial charge in [-0.15, -0.1) is 0 Å². The van der Waals surface area contributed by atoms with E-state index < -0.39 is 5.97 Å². The Bertz CT molecular complexity index is 1380. The summed E-state index contributed by atoms with van der Waals surface area (Å²) in [5, 5.41) is 0.519. The molecule has 8 heteroatoms. The summed E-state index contributed by atoms with van der Waals surface area (Å²) in [6.07, 6.45) is 1.81. The molecule has 196 valence electrons. The minimum atomic E-state index is -0.407. The molecule has 1 aliphatic rings. The molecule has 0 radical (unpaired) electrons. The van der Waals surface area contributed by atoms with Gasteiger partial charge in [-0.3, -0.25) is 9.69 Å². The zero-order valence-electron chi connectivity index (χ0n) is 21.9. The molecule has 0 bridgehead atoms. The number of amides is 1. The van der Waals surface area contributed by atoms with Crippen LogP contribution in [0.15, 0.2) is 76.6 Å². The Labute approximate surface area is 227 Å².